The third kappa shape index (κ3) is 2.98. The summed E-state index contributed by atoms with van der Waals surface area (Å²) in [4.78, 5) is 14.6. The molecule has 2 rings (SSSR count). The number of aromatic nitrogens is 1. The van der Waals surface area contributed by atoms with Crippen LogP contribution in [-0.4, -0.2) is 34.9 Å². The molecular weight excluding hydrogens is 248 g/mol. The van der Waals surface area contributed by atoms with Crippen LogP contribution in [0.15, 0.2) is 6.07 Å². The van der Waals surface area contributed by atoms with Crippen LogP contribution in [0.5, 0.6) is 0 Å². The fourth-order valence-corrected chi connectivity index (χ4v) is 3.03. The molecule has 0 spiro atoms. The van der Waals surface area contributed by atoms with Gasteiger partial charge in [-0.2, -0.15) is 0 Å². The maximum absolute atomic E-state index is 12.3. The molecule has 3 heteroatoms. The number of Topliss-reactive ketones (excluding diaryl/α,β-unsaturated/α-hetero) is 1. The van der Waals surface area contributed by atoms with E-state index in [1.54, 1.807) is 0 Å². The fraction of sp³-hybridized carbons (Fsp3) is 0.706. The number of aryl methyl sites for hydroxylation is 1. The zero-order valence-electron chi connectivity index (χ0n) is 13.8. The Bertz CT molecular complexity index is 511. The van der Waals surface area contributed by atoms with Crippen molar-refractivity contribution in [1.82, 2.24) is 9.47 Å². The molecule has 1 aliphatic rings. The molecule has 0 radical (unpaired) electrons. The Morgan fingerprint density at radius 2 is 2.00 bits per heavy atom. The lowest BCUT2D eigenvalue weighted by Gasteiger charge is -2.30. The fourth-order valence-electron chi connectivity index (χ4n) is 3.03. The Balaban J connectivity index is 2.25. The van der Waals surface area contributed by atoms with E-state index >= 15 is 0 Å². The first-order valence-electron chi connectivity index (χ1n) is 7.64. The molecule has 0 saturated heterocycles. The molecule has 0 unspecified atom stereocenters. The molecule has 1 aromatic rings. The molecule has 0 atom stereocenters. The second kappa shape index (κ2) is 5.36. The largest absolute Gasteiger partial charge is 0.347 e. The van der Waals surface area contributed by atoms with Gasteiger partial charge in [0.2, 0.25) is 0 Å². The Hall–Kier alpha value is -1.09. The normalized spacial score (nSPS) is 17.9. The molecule has 1 aromatic heterocycles. The number of ketones is 1. The van der Waals surface area contributed by atoms with Crippen molar-refractivity contribution in [3.63, 3.8) is 0 Å². The first kappa shape index (κ1) is 15.3. The molecule has 1 aliphatic carbocycles. The molecule has 0 aliphatic heterocycles. The van der Waals surface area contributed by atoms with Crippen LogP contribution in [0.2, 0.25) is 0 Å². The smallest absolute Gasteiger partial charge is 0.165 e. The zero-order chi connectivity index (χ0) is 15.1. The molecule has 3 nitrogen and oxygen atoms in total. The summed E-state index contributed by atoms with van der Waals surface area (Å²) in [5.41, 5.74) is 3.53. The summed E-state index contributed by atoms with van der Waals surface area (Å²) in [5, 5.41) is 0. The van der Waals surface area contributed by atoms with Gasteiger partial charge in [-0.15, -0.1) is 0 Å². The maximum atomic E-state index is 12.3. The highest BCUT2D eigenvalue weighted by Crippen LogP contribution is 2.36. The van der Waals surface area contributed by atoms with Crippen LogP contribution in [0.25, 0.3) is 0 Å². The van der Waals surface area contributed by atoms with Crippen LogP contribution in [0.1, 0.15) is 55.9 Å². The van der Waals surface area contributed by atoms with Crippen LogP contribution >= 0.6 is 0 Å². The van der Waals surface area contributed by atoms with Crippen LogP contribution in [0.3, 0.4) is 0 Å². The third-order valence-electron chi connectivity index (χ3n) is 4.56. The van der Waals surface area contributed by atoms with Gasteiger partial charge >= 0.3 is 0 Å². The number of likely N-dealkylation sites (N-methyl/N-ethyl adjacent to an activating group) is 1. The van der Waals surface area contributed by atoms with E-state index in [2.05, 4.69) is 57.2 Å². The van der Waals surface area contributed by atoms with E-state index in [0.717, 1.165) is 25.1 Å². The lowest BCUT2D eigenvalue weighted by atomic mass is 9.76. The summed E-state index contributed by atoms with van der Waals surface area (Å²) in [5.74, 6) is 0.315. The number of hydrogen-bond donors (Lipinski definition) is 0. The summed E-state index contributed by atoms with van der Waals surface area (Å²) in [7, 11) is 2.16. The van der Waals surface area contributed by atoms with Gasteiger partial charge in [0.1, 0.15) is 0 Å². The molecule has 0 bridgehead atoms. The van der Waals surface area contributed by atoms with Gasteiger partial charge in [0.25, 0.3) is 0 Å². The average Bonchev–Trinajstić information content (AvgIpc) is 2.61. The Kier molecular flexibility index (Phi) is 4.10. The molecule has 20 heavy (non-hydrogen) atoms. The Labute approximate surface area is 123 Å². The van der Waals surface area contributed by atoms with Crippen LogP contribution in [0.4, 0.5) is 0 Å². The monoisotopic (exact) mass is 276 g/mol. The minimum atomic E-state index is 0.0938. The number of fused-ring (bicyclic) bond motifs is 1. The van der Waals surface area contributed by atoms with E-state index in [1.807, 2.05) is 0 Å². The molecule has 0 amide bonds. The van der Waals surface area contributed by atoms with Crippen molar-refractivity contribution in [3.05, 3.63) is 23.0 Å². The molecule has 112 valence electrons. The van der Waals surface area contributed by atoms with Gasteiger partial charge < -0.3 is 9.47 Å². The van der Waals surface area contributed by atoms with Crippen molar-refractivity contribution in [2.75, 3.05) is 13.6 Å². The van der Waals surface area contributed by atoms with E-state index < -0.39 is 0 Å². The van der Waals surface area contributed by atoms with Crippen molar-refractivity contribution in [1.29, 1.82) is 0 Å². The minimum absolute atomic E-state index is 0.0938. The predicted molar refractivity (Wildman–Crippen MR) is 83.4 cm³/mol. The van der Waals surface area contributed by atoms with Gasteiger partial charge in [-0.25, -0.2) is 0 Å². The summed E-state index contributed by atoms with van der Waals surface area (Å²) in [6.07, 6.45) is 1.68. The first-order chi connectivity index (χ1) is 9.21. The number of hydrogen-bond acceptors (Lipinski definition) is 2. The highest BCUT2D eigenvalue weighted by Gasteiger charge is 2.33. The van der Waals surface area contributed by atoms with Gasteiger partial charge in [0.15, 0.2) is 5.78 Å². The molecule has 0 saturated carbocycles. The van der Waals surface area contributed by atoms with Crippen molar-refractivity contribution >= 4 is 5.78 Å². The third-order valence-corrected chi connectivity index (χ3v) is 4.56. The van der Waals surface area contributed by atoms with Crippen molar-refractivity contribution < 1.29 is 4.79 Å². The molecule has 0 N–H and O–H groups in total. The standard InChI is InChI=1S/C17H28N2O/c1-12(2)18(6)7-8-19-13(3)9-14-15(19)10-17(4,5)11-16(14)20/h9,12H,7-8,10-11H2,1-6H3. The van der Waals surface area contributed by atoms with Crippen molar-refractivity contribution in [2.45, 2.75) is 60.0 Å². The maximum Gasteiger partial charge on any atom is 0.165 e. The summed E-state index contributed by atoms with van der Waals surface area (Å²) >= 11 is 0. The Morgan fingerprint density at radius 1 is 1.35 bits per heavy atom. The first-order valence-corrected chi connectivity index (χ1v) is 7.64. The minimum Gasteiger partial charge on any atom is -0.347 e. The summed E-state index contributed by atoms with van der Waals surface area (Å²) in [6.45, 7) is 12.9. The van der Waals surface area contributed by atoms with E-state index in [4.69, 9.17) is 0 Å². The Morgan fingerprint density at radius 3 is 2.60 bits per heavy atom. The molecule has 0 aromatic carbocycles. The lowest BCUT2D eigenvalue weighted by molar-refractivity contribution is 0.0909. The average molecular weight is 276 g/mol. The van der Waals surface area contributed by atoms with Crippen molar-refractivity contribution in [2.24, 2.45) is 5.41 Å². The number of carbonyl (C=O) groups excluding carboxylic acids is 1. The van der Waals surface area contributed by atoms with Gasteiger partial charge in [-0.05, 0) is 45.7 Å². The van der Waals surface area contributed by atoms with Crippen LogP contribution in [0, 0.1) is 12.3 Å². The second-order valence-electron chi connectivity index (χ2n) is 7.31. The number of nitrogens with zero attached hydrogens (tertiary/aromatic N) is 2. The number of rotatable bonds is 4. The molecule has 1 heterocycles. The molecular formula is C17H28N2O. The second-order valence-corrected chi connectivity index (χ2v) is 7.31. The van der Waals surface area contributed by atoms with E-state index in [0.29, 0.717) is 18.2 Å². The van der Waals surface area contributed by atoms with Crippen molar-refractivity contribution in [3.8, 4) is 0 Å². The van der Waals surface area contributed by atoms with Crippen LogP contribution in [-0.2, 0) is 13.0 Å². The lowest BCUT2D eigenvalue weighted by Crippen LogP contribution is -2.32. The van der Waals surface area contributed by atoms with Gasteiger partial charge in [0.05, 0.1) is 0 Å². The topological polar surface area (TPSA) is 25.2 Å². The quantitative estimate of drug-likeness (QED) is 0.843. The van der Waals surface area contributed by atoms with E-state index in [9.17, 15) is 4.79 Å². The van der Waals surface area contributed by atoms with E-state index in [-0.39, 0.29) is 5.41 Å². The SMILES string of the molecule is Cc1cc2c(n1CCN(C)C(C)C)CC(C)(C)CC2=O. The zero-order valence-corrected chi connectivity index (χ0v) is 13.8. The van der Waals surface area contributed by atoms with Gasteiger partial charge in [-0.1, -0.05) is 13.8 Å². The van der Waals surface area contributed by atoms with E-state index in [1.165, 1.54) is 11.4 Å². The van der Waals surface area contributed by atoms with Crippen LogP contribution < -0.4 is 0 Å². The summed E-state index contributed by atoms with van der Waals surface area (Å²) in [6, 6.07) is 2.64. The summed E-state index contributed by atoms with van der Waals surface area (Å²) < 4.78 is 2.35. The number of carbonyl (C=O) groups is 1. The van der Waals surface area contributed by atoms with Gasteiger partial charge in [-0.3, -0.25) is 4.79 Å². The predicted octanol–water partition coefficient (Wildman–Crippen LogP) is 3.29. The molecule has 0 fully saturated rings. The van der Waals surface area contributed by atoms with Gasteiger partial charge in [0, 0.05) is 42.5 Å². The highest BCUT2D eigenvalue weighted by atomic mass is 16.1. The highest BCUT2D eigenvalue weighted by molar-refractivity contribution is 5.99.